The van der Waals surface area contributed by atoms with Gasteiger partial charge < -0.3 is 0 Å². The molecule has 0 bridgehead atoms. The molecular weight excluding hydrogens is 376 g/mol. The summed E-state index contributed by atoms with van der Waals surface area (Å²) in [5.41, 5.74) is 5.07. The summed E-state index contributed by atoms with van der Waals surface area (Å²) in [4.78, 5) is 5.03. The number of aromatic nitrogens is 2. The number of fused-ring (bicyclic) bond motifs is 2. The number of pyridine rings is 1. The highest BCUT2D eigenvalue weighted by Gasteiger charge is 2.17. The number of imidazole rings is 1. The molecule has 0 aliphatic carbocycles. The molecule has 2 heteroatoms. The lowest BCUT2D eigenvalue weighted by Gasteiger charge is -2.09. The van der Waals surface area contributed by atoms with Gasteiger partial charge in [0.05, 0.1) is 11.4 Å². The van der Waals surface area contributed by atoms with Crippen molar-refractivity contribution in [1.82, 2.24) is 9.38 Å². The Hall–Kier alpha value is -4.17. The van der Waals surface area contributed by atoms with E-state index in [0.717, 1.165) is 28.2 Å². The quantitative estimate of drug-likeness (QED) is 0.292. The SMILES string of the molecule is C=C\C=C/C=C\C=C(/C=C\C=C)c1c(-c2cccc3ccccc23)nc2ccccn12. The van der Waals surface area contributed by atoms with E-state index in [-0.39, 0.29) is 0 Å². The fraction of sp³-hybridized carbons (Fsp3) is 0. The Balaban J connectivity index is 1.99. The molecule has 0 radical (unpaired) electrons. The second-order valence-electron chi connectivity index (χ2n) is 6.99. The fourth-order valence-corrected chi connectivity index (χ4v) is 3.64. The minimum atomic E-state index is 0.911. The Morgan fingerprint density at radius 1 is 0.774 bits per heavy atom. The molecule has 2 aromatic carbocycles. The summed E-state index contributed by atoms with van der Waals surface area (Å²) in [5, 5.41) is 2.38. The zero-order valence-corrected chi connectivity index (χ0v) is 17.4. The number of nitrogens with zero attached hydrogens (tertiary/aromatic N) is 2. The van der Waals surface area contributed by atoms with Gasteiger partial charge in [-0.25, -0.2) is 4.98 Å². The van der Waals surface area contributed by atoms with E-state index in [4.69, 9.17) is 4.98 Å². The second kappa shape index (κ2) is 9.55. The van der Waals surface area contributed by atoms with Crippen LogP contribution in [0.25, 0.3) is 33.3 Å². The molecule has 0 spiro atoms. The molecule has 31 heavy (non-hydrogen) atoms. The van der Waals surface area contributed by atoms with E-state index < -0.39 is 0 Å². The van der Waals surface area contributed by atoms with Crippen molar-refractivity contribution < 1.29 is 0 Å². The summed E-state index contributed by atoms with van der Waals surface area (Å²) in [7, 11) is 0. The molecule has 0 saturated carbocycles. The van der Waals surface area contributed by atoms with Crippen molar-refractivity contribution in [3.63, 3.8) is 0 Å². The average Bonchev–Trinajstić information content (AvgIpc) is 3.20. The molecule has 0 saturated heterocycles. The standard InChI is InChI=1S/C29H24N2/c1-3-5-7-8-9-17-24(15-6-4-2)29-28(30-27-21-12-13-22-31(27)29)26-20-14-18-23-16-10-11-19-25(23)26/h3-22H,1-2H2/b7-5-,9-8-,15-6-,24-17+. The number of hydrogen-bond acceptors (Lipinski definition) is 1. The molecule has 2 nitrogen and oxygen atoms in total. The summed E-state index contributed by atoms with van der Waals surface area (Å²) in [6.45, 7) is 7.55. The van der Waals surface area contributed by atoms with Crippen molar-refractivity contribution in [2.45, 2.75) is 0 Å². The van der Waals surface area contributed by atoms with E-state index in [1.807, 2.05) is 48.6 Å². The van der Waals surface area contributed by atoms with E-state index >= 15 is 0 Å². The molecule has 0 unspecified atom stereocenters. The van der Waals surface area contributed by atoms with Crippen LogP contribution in [0.2, 0.25) is 0 Å². The maximum atomic E-state index is 5.03. The van der Waals surface area contributed by atoms with Gasteiger partial charge in [-0.15, -0.1) is 0 Å². The Bertz CT molecular complexity index is 1350. The Morgan fingerprint density at radius 3 is 2.42 bits per heavy atom. The van der Waals surface area contributed by atoms with Crippen LogP contribution < -0.4 is 0 Å². The first-order valence-electron chi connectivity index (χ1n) is 10.2. The third kappa shape index (κ3) is 4.24. The Labute approximate surface area is 183 Å². The first kappa shape index (κ1) is 20.1. The van der Waals surface area contributed by atoms with Gasteiger partial charge >= 0.3 is 0 Å². The summed E-state index contributed by atoms with van der Waals surface area (Å²) in [6, 6.07) is 20.9. The minimum Gasteiger partial charge on any atom is -0.299 e. The van der Waals surface area contributed by atoms with Gasteiger partial charge in [-0.1, -0.05) is 116 Å². The molecule has 0 aliphatic heterocycles. The van der Waals surface area contributed by atoms with Crippen LogP contribution in [0.1, 0.15) is 5.69 Å². The van der Waals surface area contributed by atoms with Crippen LogP contribution in [0, 0.1) is 0 Å². The molecule has 0 fully saturated rings. The van der Waals surface area contributed by atoms with E-state index in [1.165, 1.54) is 10.8 Å². The van der Waals surface area contributed by atoms with Crippen LogP contribution in [-0.2, 0) is 0 Å². The lowest BCUT2D eigenvalue weighted by Crippen LogP contribution is -1.93. The highest BCUT2D eigenvalue weighted by Crippen LogP contribution is 2.34. The first-order valence-corrected chi connectivity index (χ1v) is 10.2. The van der Waals surface area contributed by atoms with Gasteiger partial charge in [-0.3, -0.25) is 4.40 Å². The smallest absolute Gasteiger partial charge is 0.137 e. The number of rotatable bonds is 7. The van der Waals surface area contributed by atoms with Crippen LogP contribution in [0.5, 0.6) is 0 Å². The van der Waals surface area contributed by atoms with Crippen LogP contribution in [-0.4, -0.2) is 9.38 Å². The van der Waals surface area contributed by atoms with Crippen molar-refractivity contribution in [2.75, 3.05) is 0 Å². The molecule has 4 aromatic rings. The predicted molar refractivity (Wildman–Crippen MR) is 134 cm³/mol. The fourth-order valence-electron chi connectivity index (χ4n) is 3.64. The van der Waals surface area contributed by atoms with Gasteiger partial charge in [0, 0.05) is 17.3 Å². The minimum absolute atomic E-state index is 0.911. The Kier molecular flexibility index (Phi) is 6.20. The van der Waals surface area contributed by atoms with Gasteiger partial charge in [0.2, 0.25) is 0 Å². The normalized spacial score (nSPS) is 12.6. The van der Waals surface area contributed by atoms with E-state index in [1.54, 1.807) is 12.2 Å². The maximum Gasteiger partial charge on any atom is 0.137 e. The van der Waals surface area contributed by atoms with Crippen LogP contribution in [0.3, 0.4) is 0 Å². The second-order valence-corrected chi connectivity index (χ2v) is 6.99. The molecular formula is C29H24N2. The predicted octanol–water partition coefficient (Wildman–Crippen LogP) is 7.58. The van der Waals surface area contributed by atoms with Gasteiger partial charge in [0.15, 0.2) is 0 Å². The highest BCUT2D eigenvalue weighted by molar-refractivity contribution is 5.99. The van der Waals surface area contributed by atoms with Crippen LogP contribution >= 0.6 is 0 Å². The number of benzene rings is 2. The van der Waals surface area contributed by atoms with Crippen molar-refractivity contribution in [3.8, 4) is 11.3 Å². The summed E-state index contributed by atoms with van der Waals surface area (Å²) in [5.74, 6) is 0. The third-order valence-electron chi connectivity index (χ3n) is 5.01. The number of allylic oxidation sites excluding steroid dienone is 10. The highest BCUT2D eigenvalue weighted by atomic mass is 15.0. The van der Waals surface area contributed by atoms with Gasteiger partial charge in [-0.2, -0.15) is 0 Å². The molecule has 2 aromatic heterocycles. The molecule has 0 amide bonds. The molecule has 0 aliphatic rings. The van der Waals surface area contributed by atoms with Gasteiger partial charge in [-0.05, 0) is 22.9 Å². The monoisotopic (exact) mass is 400 g/mol. The zero-order valence-electron chi connectivity index (χ0n) is 17.4. The molecule has 4 rings (SSSR count). The van der Waals surface area contributed by atoms with Crippen molar-refractivity contribution >= 4 is 22.0 Å². The molecule has 0 atom stereocenters. The van der Waals surface area contributed by atoms with E-state index in [9.17, 15) is 0 Å². The number of hydrogen-bond donors (Lipinski definition) is 0. The maximum absolute atomic E-state index is 5.03. The van der Waals surface area contributed by atoms with Gasteiger partial charge in [0.25, 0.3) is 0 Å². The van der Waals surface area contributed by atoms with Crippen LogP contribution in [0.4, 0.5) is 0 Å². The first-order chi connectivity index (χ1) is 15.3. The van der Waals surface area contributed by atoms with Gasteiger partial charge in [0.1, 0.15) is 5.65 Å². The van der Waals surface area contributed by atoms with Crippen molar-refractivity contribution in [1.29, 1.82) is 0 Å². The molecule has 2 heterocycles. The topological polar surface area (TPSA) is 17.3 Å². The molecule has 150 valence electrons. The lowest BCUT2D eigenvalue weighted by atomic mass is 9.98. The summed E-state index contributed by atoms with van der Waals surface area (Å²) >= 11 is 0. The van der Waals surface area contributed by atoms with E-state index in [0.29, 0.717) is 0 Å². The third-order valence-corrected chi connectivity index (χ3v) is 5.01. The summed E-state index contributed by atoms with van der Waals surface area (Å²) in [6.07, 6.45) is 19.6. The summed E-state index contributed by atoms with van der Waals surface area (Å²) < 4.78 is 2.14. The van der Waals surface area contributed by atoms with Crippen molar-refractivity contribution in [3.05, 3.63) is 140 Å². The lowest BCUT2D eigenvalue weighted by molar-refractivity contribution is 1.16. The van der Waals surface area contributed by atoms with Crippen LogP contribution in [0.15, 0.2) is 135 Å². The zero-order chi connectivity index (χ0) is 21.5. The molecule has 0 N–H and O–H groups in total. The van der Waals surface area contributed by atoms with E-state index in [2.05, 4.69) is 78.4 Å². The van der Waals surface area contributed by atoms with Crippen molar-refractivity contribution in [2.24, 2.45) is 0 Å². The average molecular weight is 401 g/mol. The largest absolute Gasteiger partial charge is 0.299 e. The Morgan fingerprint density at radius 2 is 1.55 bits per heavy atom.